The number of rotatable bonds is 5. The number of nitrogens with one attached hydrogen (secondary N) is 2. The minimum Gasteiger partial charge on any atom is -0.497 e. The molecule has 1 fully saturated rings. The van der Waals surface area contributed by atoms with Crippen LogP contribution in [0.25, 0.3) is 11.3 Å². The maximum atomic E-state index is 14.1. The number of ether oxygens (including phenoxy) is 1. The molecule has 0 radical (unpaired) electrons. The Morgan fingerprint density at radius 1 is 1.11 bits per heavy atom. The number of benzene rings is 2. The Balaban J connectivity index is 1.82. The molecule has 0 aliphatic carbocycles. The second kappa shape index (κ2) is 9.10. The average molecular weight is 529 g/mol. The summed E-state index contributed by atoms with van der Waals surface area (Å²) in [5, 5.41) is 14.8. The lowest BCUT2D eigenvalue weighted by atomic mass is 9.79. The minimum absolute atomic E-state index is 0.131. The van der Waals surface area contributed by atoms with E-state index < -0.39 is 35.7 Å². The van der Waals surface area contributed by atoms with Crippen molar-refractivity contribution in [3.05, 3.63) is 76.0 Å². The summed E-state index contributed by atoms with van der Waals surface area (Å²) < 4.78 is 52.9. The Labute approximate surface area is 206 Å². The molecule has 1 aliphatic rings. The molecule has 0 bridgehead atoms. The summed E-state index contributed by atoms with van der Waals surface area (Å²) in [4.78, 5) is 25.5. The zero-order chi connectivity index (χ0) is 25.5. The molecule has 1 aliphatic heterocycles. The molecule has 2 heterocycles. The highest BCUT2D eigenvalue weighted by molar-refractivity contribution is 6.43. The molecule has 35 heavy (non-hydrogen) atoms. The van der Waals surface area contributed by atoms with E-state index in [9.17, 15) is 27.9 Å². The standard InChI is InChI=1S/C23H17Cl2F3N2O5/c1-34-12-7-5-11(6-8-12)20(31)17-19(29-21(32)30-22(17,33)23(26,27)28)16-10-9-15(35-16)13-3-2-4-14(24)18(13)25/h2-10,17,19,33H,1H3,(H2,29,30,32)/t17-,19+,22-/m1/s1. The van der Waals surface area contributed by atoms with E-state index in [1.807, 2.05) is 0 Å². The van der Waals surface area contributed by atoms with Crippen molar-refractivity contribution in [3.63, 3.8) is 0 Å². The lowest BCUT2D eigenvalue weighted by Gasteiger charge is -2.44. The minimum atomic E-state index is -5.40. The fraction of sp³-hybridized carbons (Fsp3) is 0.217. The van der Waals surface area contributed by atoms with Crippen LogP contribution in [0.4, 0.5) is 18.0 Å². The van der Waals surface area contributed by atoms with E-state index >= 15 is 0 Å². The van der Waals surface area contributed by atoms with Crippen LogP contribution in [0.2, 0.25) is 10.0 Å². The number of carbonyl (C=O) groups is 2. The van der Waals surface area contributed by atoms with Crippen LogP contribution in [-0.4, -0.2) is 35.9 Å². The molecule has 0 saturated carbocycles. The summed E-state index contributed by atoms with van der Waals surface area (Å²) in [6.45, 7) is 0. The Kier molecular flexibility index (Phi) is 6.48. The van der Waals surface area contributed by atoms with Crippen LogP contribution < -0.4 is 15.4 Å². The van der Waals surface area contributed by atoms with Crippen molar-refractivity contribution in [3.8, 4) is 17.1 Å². The number of urea groups is 1. The number of hydrogen-bond acceptors (Lipinski definition) is 5. The second-order valence-corrected chi connectivity index (χ2v) is 8.50. The molecule has 3 N–H and O–H groups in total. The van der Waals surface area contributed by atoms with Gasteiger partial charge in [-0.25, -0.2) is 4.79 Å². The van der Waals surface area contributed by atoms with Crippen LogP contribution in [0.3, 0.4) is 0 Å². The Hall–Kier alpha value is -3.21. The number of halogens is 5. The number of ketones is 1. The maximum Gasteiger partial charge on any atom is 0.437 e. The molecule has 0 unspecified atom stereocenters. The fourth-order valence-electron chi connectivity index (χ4n) is 3.87. The number of furan rings is 1. The van der Waals surface area contributed by atoms with Gasteiger partial charge in [-0.05, 0) is 48.5 Å². The molecule has 12 heteroatoms. The van der Waals surface area contributed by atoms with Gasteiger partial charge in [-0.3, -0.25) is 4.79 Å². The second-order valence-electron chi connectivity index (χ2n) is 7.71. The maximum absolute atomic E-state index is 14.1. The van der Waals surface area contributed by atoms with Gasteiger partial charge < -0.3 is 24.9 Å². The van der Waals surface area contributed by atoms with E-state index in [2.05, 4.69) is 5.32 Å². The molecule has 2 aromatic carbocycles. The molecule has 3 atom stereocenters. The van der Waals surface area contributed by atoms with Gasteiger partial charge in [0.2, 0.25) is 5.72 Å². The first-order chi connectivity index (χ1) is 16.5. The summed E-state index contributed by atoms with van der Waals surface area (Å²) in [5.74, 6) is -3.05. The summed E-state index contributed by atoms with van der Waals surface area (Å²) in [6.07, 6.45) is -5.40. The topological polar surface area (TPSA) is 101 Å². The number of aliphatic hydroxyl groups is 1. The van der Waals surface area contributed by atoms with Crippen LogP contribution >= 0.6 is 23.2 Å². The Bertz CT molecular complexity index is 1280. The highest BCUT2D eigenvalue weighted by atomic mass is 35.5. The molecule has 1 saturated heterocycles. The molecule has 184 valence electrons. The lowest BCUT2D eigenvalue weighted by molar-refractivity contribution is -0.288. The van der Waals surface area contributed by atoms with Crippen molar-refractivity contribution in [2.24, 2.45) is 5.92 Å². The van der Waals surface area contributed by atoms with E-state index in [4.69, 9.17) is 32.4 Å². The van der Waals surface area contributed by atoms with Gasteiger partial charge in [0.1, 0.15) is 29.2 Å². The SMILES string of the molecule is COc1ccc(C(=O)[C@H]2[C@H](c3ccc(-c4cccc(Cl)c4Cl)o3)NC(=O)N[C@]2(O)C(F)(F)F)cc1. The molecule has 7 nitrogen and oxygen atoms in total. The van der Waals surface area contributed by atoms with Crippen molar-refractivity contribution in [2.45, 2.75) is 17.9 Å². The third kappa shape index (κ3) is 4.44. The van der Waals surface area contributed by atoms with Crippen molar-refractivity contribution >= 4 is 35.0 Å². The van der Waals surface area contributed by atoms with Gasteiger partial charge in [-0.2, -0.15) is 13.2 Å². The number of methoxy groups -OCH3 is 1. The molecular weight excluding hydrogens is 512 g/mol. The van der Waals surface area contributed by atoms with Gasteiger partial charge in [0.15, 0.2) is 5.78 Å². The van der Waals surface area contributed by atoms with Crippen LogP contribution in [0.15, 0.2) is 59.0 Å². The monoisotopic (exact) mass is 528 g/mol. The van der Waals surface area contributed by atoms with Gasteiger partial charge in [0.25, 0.3) is 0 Å². The first-order valence-corrected chi connectivity index (χ1v) is 10.8. The predicted molar refractivity (Wildman–Crippen MR) is 120 cm³/mol. The summed E-state index contributed by atoms with van der Waals surface area (Å²) in [6, 6.07) is 9.65. The summed E-state index contributed by atoms with van der Waals surface area (Å²) in [5.41, 5.74) is -3.70. The predicted octanol–water partition coefficient (Wildman–Crippen LogP) is 5.37. The van der Waals surface area contributed by atoms with Gasteiger partial charge in [-0.15, -0.1) is 0 Å². The number of hydrogen-bond donors (Lipinski definition) is 3. The first kappa shape index (κ1) is 24.9. The normalized spacial score (nSPS) is 22.3. The van der Waals surface area contributed by atoms with Gasteiger partial charge in [0.05, 0.1) is 17.2 Å². The van der Waals surface area contributed by atoms with Crippen molar-refractivity contribution in [2.75, 3.05) is 7.11 Å². The van der Waals surface area contributed by atoms with Crippen molar-refractivity contribution in [1.82, 2.24) is 10.6 Å². The van der Waals surface area contributed by atoms with E-state index in [1.54, 1.807) is 12.1 Å². The average Bonchev–Trinajstić information content (AvgIpc) is 3.29. The third-order valence-corrected chi connectivity index (χ3v) is 6.43. The van der Waals surface area contributed by atoms with Crippen LogP contribution in [-0.2, 0) is 0 Å². The zero-order valence-corrected chi connectivity index (χ0v) is 19.3. The highest BCUT2D eigenvalue weighted by Crippen LogP contribution is 2.45. The lowest BCUT2D eigenvalue weighted by Crippen LogP contribution is -2.72. The van der Waals surface area contributed by atoms with Crippen molar-refractivity contribution in [1.29, 1.82) is 0 Å². The fourth-order valence-corrected chi connectivity index (χ4v) is 4.26. The van der Waals surface area contributed by atoms with Crippen LogP contribution in [0.1, 0.15) is 22.2 Å². The number of carbonyl (C=O) groups excluding carboxylic acids is 2. The van der Waals surface area contributed by atoms with E-state index in [0.29, 0.717) is 11.3 Å². The highest BCUT2D eigenvalue weighted by Gasteiger charge is 2.66. The summed E-state index contributed by atoms with van der Waals surface area (Å²) >= 11 is 12.2. The van der Waals surface area contributed by atoms with E-state index in [-0.39, 0.29) is 27.1 Å². The van der Waals surface area contributed by atoms with Crippen LogP contribution in [0, 0.1) is 5.92 Å². The van der Waals surface area contributed by atoms with Gasteiger partial charge >= 0.3 is 12.2 Å². The Morgan fingerprint density at radius 3 is 2.43 bits per heavy atom. The van der Waals surface area contributed by atoms with Gasteiger partial charge in [0, 0.05) is 11.1 Å². The first-order valence-electron chi connectivity index (χ1n) is 10.1. The Morgan fingerprint density at radius 2 is 1.80 bits per heavy atom. The molecule has 1 aromatic heterocycles. The number of Topliss-reactive ketones (excluding diaryl/α,β-unsaturated/α-hetero) is 1. The van der Waals surface area contributed by atoms with Crippen LogP contribution in [0.5, 0.6) is 5.75 Å². The molecule has 2 amide bonds. The summed E-state index contributed by atoms with van der Waals surface area (Å²) in [7, 11) is 1.39. The number of alkyl halides is 3. The van der Waals surface area contributed by atoms with Crippen molar-refractivity contribution < 1.29 is 37.0 Å². The van der Waals surface area contributed by atoms with Gasteiger partial charge in [-0.1, -0.05) is 29.3 Å². The van der Waals surface area contributed by atoms with E-state index in [0.717, 1.165) is 0 Å². The molecule has 3 aromatic rings. The number of amides is 2. The zero-order valence-electron chi connectivity index (χ0n) is 17.8. The quantitative estimate of drug-likeness (QED) is 0.386. The smallest absolute Gasteiger partial charge is 0.437 e. The molecule has 0 spiro atoms. The third-order valence-electron chi connectivity index (χ3n) is 5.61. The largest absolute Gasteiger partial charge is 0.497 e. The van der Waals surface area contributed by atoms with E-state index in [1.165, 1.54) is 54.9 Å². The molecule has 4 rings (SSSR count). The molecular formula is C23H17Cl2F3N2O5.